The van der Waals surface area contributed by atoms with Gasteiger partial charge in [-0.05, 0) is 0 Å². The Labute approximate surface area is 148 Å². The molecule has 0 aromatic heterocycles. The van der Waals surface area contributed by atoms with Crippen molar-refractivity contribution in [1.82, 2.24) is 0 Å². The van der Waals surface area contributed by atoms with Crippen LogP contribution in [0, 0.1) is 0 Å². The summed E-state index contributed by atoms with van der Waals surface area (Å²) in [5, 5.41) is 68.5. The van der Waals surface area contributed by atoms with Gasteiger partial charge < -0.3 is 54.7 Å². The maximum atomic E-state index is 10.9. The van der Waals surface area contributed by atoms with Crippen LogP contribution in [0.15, 0.2) is 0 Å². The summed E-state index contributed by atoms with van der Waals surface area (Å²) in [6.45, 7) is -1.01. The number of rotatable bonds is 6. The molecule has 2 aliphatic rings. The van der Waals surface area contributed by atoms with Crippen molar-refractivity contribution in [3.05, 3.63) is 0 Å². The molecule has 26 heavy (non-hydrogen) atoms. The molecule has 0 aliphatic carbocycles. The van der Waals surface area contributed by atoms with E-state index < -0.39 is 80.6 Å². The highest BCUT2D eigenvalue weighted by Gasteiger charge is 2.58. The highest BCUT2D eigenvalue weighted by Crippen LogP contribution is 2.36. The summed E-state index contributed by atoms with van der Waals surface area (Å²) in [4.78, 5) is 10.9. The average molecular weight is 384 g/mol. The second-order valence-corrected chi connectivity index (χ2v) is 6.18. The molecule has 0 unspecified atom stereocenters. The number of ether oxygens (including phenoxy) is 4. The van der Waals surface area contributed by atoms with E-state index in [1.165, 1.54) is 0 Å². The van der Waals surface area contributed by atoms with Gasteiger partial charge in [-0.15, -0.1) is 0 Å². The Morgan fingerprint density at radius 2 is 1.65 bits per heavy atom. The molecule has 2 rings (SSSR count). The third-order valence-corrected chi connectivity index (χ3v) is 4.34. The van der Waals surface area contributed by atoms with Crippen LogP contribution in [0.4, 0.5) is 0 Å². The van der Waals surface area contributed by atoms with Crippen LogP contribution in [-0.4, -0.2) is 116 Å². The number of carbonyl (C=O) groups is 1. The van der Waals surface area contributed by atoms with Gasteiger partial charge in [0.25, 0.3) is 0 Å². The summed E-state index contributed by atoms with van der Waals surface area (Å²) in [5.74, 6) is -2.93. The fourth-order valence-electron chi connectivity index (χ4n) is 2.82. The van der Waals surface area contributed by atoms with Crippen LogP contribution in [0.1, 0.15) is 6.92 Å². The summed E-state index contributed by atoms with van der Waals surface area (Å²) in [6.07, 6.45) is -12.9. The van der Waals surface area contributed by atoms with Gasteiger partial charge in [0.2, 0.25) is 5.79 Å². The number of carbonyl (C=O) groups excluding carboxylic acids is 1. The molecule has 7 N–H and O–H groups in total. The van der Waals surface area contributed by atoms with Crippen LogP contribution >= 0.6 is 0 Å². The van der Waals surface area contributed by atoms with Crippen molar-refractivity contribution in [3.8, 4) is 0 Å². The number of esters is 1. The van der Waals surface area contributed by atoms with E-state index in [4.69, 9.17) is 18.9 Å². The Balaban J connectivity index is 2.15. The van der Waals surface area contributed by atoms with Gasteiger partial charge in [0.1, 0.15) is 55.9 Å². The van der Waals surface area contributed by atoms with Crippen LogP contribution in [0.2, 0.25) is 0 Å². The van der Waals surface area contributed by atoms with Crippen molar-refractivity contribution in [1.29, 1.82) is 0 Å². The van der Waals surface area contributed by atoms with E-state index >= 15 is 0 Å². The zero-order chi connectivity index (χ0) is 19.6. The minimum atomic E-state index is -2.27. The first-order chi connectivity index (χ1) is 12.2. The molecule has 2 fully saturated rings. The monoisotopic (exact) mass is 384 g/mol. The molecule has 2 heterocycles. The van der Waals surface area contributed by atoms with Crippen molar-refractivity contribution in [3.63, 3.8) is 0 Å². The number of aliphatic hydroxyl groups excluding tert-OH is 7. The Morgan fingerprint density at radius 3 is 2.19 bits per heavy atom. The molecule has 0 aromatic carbocycles. The molecular weight excluding hydrogens is 360 g/mol. The van der Waals surface area contributed by atoms with Gasteiger partial charge in [0, 0.05) is 6.92 Å². The van der Waals surface area contributed by atoms with Crippen molar-refractivity contribution >= 4 is 5.97 Å². The molecular formula is C14H24O12. The van der Waals surface area contributed by atoms with E-state index in [2.05, 4.69) is 0 Å². The van der Waals surface area contributed by atoms with Crippen LogP contribution in [0.5, 0.6) is 0 Å². The first-order valence-electron chi connectivity index (χ1n) is 7.93. The number of aliphatic hydroxyl groups is 7. The fourth-order valence-corrected chi connectivity index (χ4v) is 2.82. The van der Waals surface area contributed by atoms with Gasteiger partial charge in [0.15, 0.2) is 6.29 Å². The Hall–Kier alpha value is -0.930. The molecule has 152 valence electrons. The summed E-state index contributed by atoms with van der Waals surface area (Å²) in [6, 6.07) is 0. The van der Waals surface area contributed by atoms with Gasteiger partial charge in [-0.1, -0.05) is 0 Å². The normalized spacial score (nSPS) is 46.3. The standard InChI is InChI=1S/C14H24O12/c1-5(17)23-3-7-9(19)12(22)14(4-16,25-7)26-13-11(21)10(20)8(18)6(2-15)24-13/h6-13,15-16,18-22H,2-4H2,1H3/t6-,7-,8-,9-,10+,11-,12+,13+,14+/m1/s1. The topological polar surface area (TPSA) is 196 Å². The molecule has 0 saturated carbocycles. The first kappa shape index (κ1) is 21.4. The van der Waals surface area contributed by atoms with Crippen LogP contribution in [0.25, 0.3) is 0 Å². The lowest BCUT2D eigenvalue weighted by Gasteiger charge is -2.43. The second-order valence-electron chi connectivity index (χ2n) is 6.18. The van der Waals surface area contributed by atoms with Gasteiger partial charge in [-0.3, -0.25) is 4.79 Å². The predicted octanol–water partition coefficient (Wildman–Crippen LogP) is -4.82. The minimum absolute atomic E-state index is 0.437. The van der Waals surface area contributed by atoms with Gasteiger partial charge in [-0.25, -0.2) is 0 Å². The predicted molar refractivity (Wildman–Crippen MR) is 78.2 cm³/mol. The molecule has 12 nitrogen and oxygen atoms in total. The number of hydrogen-bond acceptors (Lipinski definition) is 12. The maximum absolute atomic E-state index is 10.9. The van der Waals surface area contributed by atoms with Crippen LogP contribution in [0.3, 0.4) is 0 Å². The SMILES string of the molecule is CC(=O)OC[C@H]1O[C@@](CO)(O[C@@H]2O[C@H](CO)[C@@H](O)[C@H](O)[C@H]2O)[C@@H](O)[C@@H]1O. The molecule has 0 bridgehead atoms. The van der Waals surface area contributed by atoms with E-state index in [0.29, 0.717) is 0 Å². The lowest BCUT2D eigenvalue weighted by atomic mass is 9.99. The molecule has 12 heteroatoms. The lowest BCUT2D eigenvalue weighted by molar-refractivity contribution is -0.383. The van der Waals surface area contributed by atoms with Crippen molar-refractivity contribution < 1.29 is 59.5 Å². The summed E-state index contributed by atoms with van der Waals surface area (Å²) < 4.78 is 20.4. The average Bonchev–Trinajstić information content (AvgIpc) is 2.85. The van der Waals surface area contributed by atoms with E-state index in [1.54, 1.807) is 0 Å². The highest BCUT2D eigenvalue weighted by atomic mass is 16.8. The maximum Gasteiger partial charge on any atom is 0.302 e. The second kappa shape index (κ2) is 8.39. The Bertz CT molecular complexity index is 487. The molecule has 0 radical (unpaired) electrons. The largest absolute Gasteiger partial charge is 0.463 e. The quantitative estimate of drug-likeness (QED) is 0.216. The summed E-state index contributed by atoms with van der Waals surface area (Å²) >= 11 is 0. The van der Waals surface area contributed by atoms with E-state index in [0.717, 1.165) is 6.92 Å². The first-order valence-corrected chi connectivity index (χ1v) is 7.93. The van der Waals surface area contributed by atoms with Crippen LogP contribution in [-0.2, 0) is 23.7 Å². The molecule has 0 amide bonds. The van der Waals surface area contributed by atoms with Gasteiger partial charge >= 0.3 is 5.97 Å². The zero-order valence-electron chi connectivity index (χ0n) is 13.9. The highest BCUT2D eigenvalue weighted by molar-refractivity contribution is 5.65. The van der Waals surface area contributed by atoms with E-state index in [9.17, 15) is 40.5 Å². The van der Waals surface area contributed by atoms with Crippen molar-refractivity contribution in [2.45, 2.75) is 61.7 Å². The molecule has 0 aromatic rings. The smallest absolute Gasteiger partial charge is 0.302 e. The lowest BCUT2D eigenvalue weighted by Crippen LogP contribution is -2.62. The van der Waals surface area contributed by atoms with Crippen LogP contribution < -0.4 is 0 Å². The van der Waals surface area contributed by atoms with E-state index in [-0.39, 0.29) is 0 Å². The fraction of sp³-hybridized carbons (Fsp3) is 0.929. The number of hydrogen-bond donors (Lipinski definition) is 7. The summed E-state index contributed by atoms with van der Waals surface area (Å²) in [5.41, 5.74) is 0. The molecule has 2 saturated heterocycles. The van der Waals surface area contributed by atoms with Crippen molar-refractivity contribution in [2.75, 3.05) is 19.8 Å². The minimum Gasteiger partial charge on any atom is -0.463 e. The van der Waals surface area contributed by atoms with Gasteiger partial charge in [0.05, 0.1) is 6.61 Å². The van der Waals surface area contributed by atoms with E-state index in [1.807, 2.05) is 0 Å². The Kier molecular flexibility index (Phi) is 6.90. The molecule has 9 atom stereocenters. The third kappa shape index (κ3) is 3.99. The molecule has 0 spiro atoms. The zero-order valence-corrected chi connectivity index (χ0v) is 13.9. The summed E-state index contributed by atoms with van der Waals surface area (Å²) in [7, 11) is 0. The third-order valence-electron chi connectivity index (χ3n) is 4.34. The van der Waals surface area contributed by atoms with Crippen molar-refractivity contribution in [2.24, 2.45) is 0 Å². The van der Waals surface area contributed by atoms with Gasteiger partial charge in [-0.2, -0.15) is 0 Å². The Morgan fingerprint density at radius 1 is 1.00 bits per heavy atom. The molecule has 2 aliphatic heterocycles.